The van der Waals surface area contributed by atoms with E-state index >= 15 is 0 Å². The Balaban J connectivity index is 1.69. The minimum atomic E-state index is -0.262. The number of aliphatic hydroxyl groups is 1. The summed E-state index contributed by atoms with van der Waals surface area (Å²) in [5.41, 5.74) is 1.82. The quantitative estimate of drug-likeness (QED) is 0.875. The molecule has 3 rings (SSSR count). The van der Waals surface area contributed by atoms with Crippen LogP contribution in [0.15, 0.2) is 40.9 Å². The normalized spacial score (nSPS) is 16.2. The summed E-state index contributed by atoms with van der Waals surface area (Å²) in [4.78, 5) is 16.9. The molecule has 1 aromatic carbocycles. The predicted molar refractivity (Wildman–Crippen MR) is 89.2 cm³/mol. The number of hydrogen-bond donors (Lipinski definition) is 1. The lowest BCUT2D eigenvalue weighted by Gasteiger charge is -2.41. The fourth-order valence-electron chi connectivity index (χ4n) is 3.02. The first-order valence-corrected chi connectivity index (χ1v) is 8.24. The van der Waals surface area contributed by atoms with E-state index in [2.05, 4.69) is 10.1 Å². The fraction of sp³-hybridized carbons (Fsp3) is 0.444. The highest BCUT2D eigenvalue weighted by molar-refractivity contribution is 5.84. The molecule has 2 heterocycles. The van der Waals surface area contributed by atoms with Gasteiger partial charge in [0.1, 0.15) is 12.6 Å². The Hall–Kier alpha value is -2.18. The molecule has 1 amide bonds. The largest absolute Gasteiger partial charge is 0.388 e. The molecule has 24 heavy (non-hydrogen) atoms. The number of carbonyl (C=O) groups is 1. The minimum absolute atomic E-state index is 0.118. The Labute approximate surface area is 141 Å². The molecule has 0 saturated carbocycles. The zero-order chi connectivity index (χ0) is 17.1. The highest BCUT2D eigenvalue weighted by atomic mass is 16.5. The Morgan fingerprint density at radius 3 is 2.71 bits per heavy atom. The summed E-state index contributed by atoms with van der Waals surface area (Å²) in [7, 11) is 1.97. The topological polar surface area (TPSA) is 69.8 Å². The van der Waals surface area contributed by atoms with Gasteiger partial charge < -0.3 is 14.5 Å². The van der Waals surface area contributed by atoms with Gasteiger partial charge in [-0.1, -0.05) is 42.4 Å². The van der Waals surface area contributed by atoms with Crippen molar-refractivity contribution in [1.29, 1.82) is 0 Å². The Bertz CT molecular complexity index is 680. The standard InChI is InChI=1S/C18H23N3O3/c1-3-20(2)17(13-7-5-4-6-8-13)18(23)21-10-14(11-21)16-9-15(12-22)24-19-16/h4-9,14,17,22H,3,10-12H2,1-2H3. The van der Waals surface area contributed by atoms with E-state index in [1.807, 2.05) is 49.2 Å². The highest BCUT2D eigenvalue weighted by Gasteiger charge is 2.38. The van der Waals surface area contributed by atoms with Gasteiger partial charge in [-0.2, -0.15) is 0 Å². The summed E-state index contributed by atoms with van der Waals surface area (Å²) >= 11 is 0. The molecule has 1 saturated heterocycles. The van der Waals surface area contributed by atoms with Crippen LogP contribution in [0.25, 0.3) is 0 Å². The first-order chi connectivity index (χ1) is 11.6. The molecule has 1 N–H and O–H groups in total. The van der Waals surface area contributed by atoms with E-state index in [-0.39, 0.29) is 24.5 Å². The maximum atomic E-state index is 13.0. The molecule has 1 unspecified atom stereocenters. The molecule has 1 aromatic heterocycles. The molecule has 1 aliphatic rings. The summed E-state index contributed by atoms with van der Waals surface area (Å²) in [6, 6.07) is 11.4. The SMILES string of the molecule is CCN(C)C(C(=O)N1CC(c2cc(CO)on2)C1)c1ccccc1. The average molecular weight is 329 g/mol. The Morgan fingerprint density at radius 1 is 1.42 bits per heavy atom. The lowest BCUT2D eigenvalue weighted by atomic mass is 9.93. The van der Waals surface area contributed by atoms with Gasteiger partial charge in [-0.05, 0) is 19.2 Å². The van der Waals surface area contributed by atoms with E-state index in [0.29, 0.717) is 18.8 Å². The molecular weight excluding hydrogens is 306 g/mol. The van der Waals surface area contributed by atoms with Crippen LogP contribution in [-0.2, 0) is 11.4 Å². The van der Waals surface area contributed by atoms with Crippen molar-refractivity contribution < 1.29 is 14.4 Å². The molecule has 0 spiro atoms. The van der Waals surface area contributed by atoms with Crippen LogP contribution in [0.2, 0.25) is 0 Å². The molecule has 128 valence electrons. The molecule has 0 radical (unpaired) electrons. The number of aromatic nitrogens is 1. The molecule has 0 bridgehead atoms. The van der Waals surface area contributed by atoms with Gasteiger partial charge in [0, 0.05) is 25.1 Å². The van der Waals surface area contributed by atoms with Crippen LogP contribution in [0, 0.1) is 0 Å². The number of hydrogen-bond acceptors (Lipinski definition) is 5. The summed E-state index contributed by atoms with van der Waals surface area (Å²) in [5, 5.41) is 13.0. The van der Waals surface area contributed by atoms with Crippen molar-refractivity contribution in [3.63, 3.8) is 0 Å². The third-order valence-corrected chi connectivity index (χ3v) is 4.63. The molecule has 1 aliphatic heterocycles. The van der Waals surface area contributed by atoms with Gasteiger partial charge in [0.05, 0.1) is 5.69 Å². The van der Waals surface area contributed by atoms with Crippen LogP contribution in [0.5, 0.6) is 0 Å². The van der Waals surface area contributed by atoms with Crippen molar-refractivity contribution in [3.05, 3.63) is 53.4 Å². The van der Waals surface area contributed by atoms with Crippen molar-refractivity contribution in [2.75, 3.05) is 26.7 Å². The maximum absolute atomic E-state index is 13.0. The van der Waals surface area contributed by atoms with Crippen molar-refractivity contribution in [2.45, 2.75) is 25.5 Å². The second-order valence-corrected chi connectivity index (χ2v) is 6.20. The first-order valence-electron chi connectivity index (χ1n) is 8.24. The van der Waals surface area contributed by atoms with Crippen LogP contribution in [-0.4, -0.2) is 52.7 Å². The van der Waals surface area contributed by atoms with Gasteiger partial charge >= 0.3 is 0 Å². The molecule has 1 fully saturated rings. The van der Waals surface area contributed by atoms with Crippen LogP contribution in [0.4, 0.5) is 0 Å². The summed E-state index contributed by atoms with van der Waals surface area (Å²) < 4.78 is 5.03. The van der Waals surface area contributed by atoms with Crippen LogP contribution in [0.3, 0.4) is 0 Å². The molecule has 6 heteroatoms. The van der Waals surface area contributed by atoms with E-state index in [1.54, 1.807) is 6.07 Å². The Kier molecular flexibility index (Phi) is 4.97. The molecule has 2 aromatic rings. The second kappa shape index (κ2) is 7.15. The lowest BCUT2D eigenvalue weighted by molar-refractivity contribution is -0.141. The van der Waals surface area contributed by atoms with Gasteiger partial charge in [-0.15, -0.1) is 0 Å². The van der Waals surface area contributed by atoms with Gasteiger partial charge in [0.25, 0.3) is 0 Å². The zero-order valence-corrected chi connectivity index (χ0v) is 14.1. The Morgan fingerprint density at radius 2 is 2.12 bits per heavy atom. The number of likely N-dealkylation sites (tertiary alicyclic amines) is 1. The third kappa shape index (κ3) is 3.20. The van der Waals surface area contributed by atoms with E-state index in [9.17, 15) is 4.79 Å². The van der Waals surface area contributed by atoms with Gasteiger partial charge in [0.15, 0.2) is 5.76 Å². The van der Waals surface area contributed by atoms with Crippen molar-refractivity contribution in [2.24, 2.45) is 0 Å². The monoisotopic (exact) mass is 329 g/mol. The lowest BCUT2D eigenvalue weighted by Crippen LogP contribution is -2.52. The third-order valence-electron chi connectivity index (χ3n) is 4.63. The number of rotatable bonds is 6. The van der Waals surface area contributed by atoms with E-state index in [4.69, 9.17) is 9.63 Å². The molecule has 1 atom stereocenters. The number of carbonyl (C=O) groups excluding carboxylic acids is 1. The molecular formula is C18H23N3O3. The second-order valence-electron chi connectivity index (χ2n) is 6.20. The highest BCUT2D eigenvalue weighted by Crippen LogP contribution is 2.31. The van der Waals surface area contributed by atoms with E-state index in [0.717, 1.165) is 17.8 Å². The van der Waals surface area contributed by atoms with Crippen molar-refractivity contribution in [1.82, 2.24) is 15.0 Å². The van der Waals surface area contributed by atoms with Crippen molar-refractivity contribution in [3.8, 4) is 0 Å². The first kappa shape index (κ1) is 16.7. The van der Waals surface area contributed by atoms with Crippen LogP contribution >= 0.6 is 0 Å². The van der Waals surface area contributed by atoms with Crippen LogP contribution < -0.4 is 0 Å². The van der Waals surface area contributed by atoms with Gasteiger partial charge in [-0.3, -0.25) is 9.69 Å². The number of benzene rings is 1. The van der Waals surface area contributed by atoms with Crippen LogP contribution in [0.1, 0.15) is 35.9 Å². The smallest absolute Gasteiger partial charge is 0.244 e. The minimum Gasteiger partial charge on any atom is -0.388 e. The molecule has 0 aliphatic carbocycles. The summed E-state index contributed by atoms with van der Waals surface area (Å²) in [6.45, 7) is 3.97. The van der Waals surface area contributed by atoms with Gasteiger partial charge in [0.2, 0.25) is 5.91 Å². The average Bonchev–Trinajstić information content (AvgIpc) is 3.03. The van der Waals surface area contributed by atoms with E-state index < -0.39 is 0 Å². The molecule has 6 nitrogen and oxygen atoms in total. The number of amides is 1. The predicted octanol–water partition coefficient (Wildman–Crippen LogP) is 1.79. The summed E-state index contributed by atoms with van der Waals surface area (Å²) in [5.74, 6) is 0.761. The van der Waals surface area contributed by atoms with Gasteiger partial charge in [-0.25, -0.2) is 0 Å². The number of aliphatic hydroxyl groups excluding tert-OH is 1. The van der Waals surface area contributed by atoms with Crippen molar-refractivity contribution >= 4 is 5.91 Å². The van der Waals surface area contributed by atoms with E-state index in [1.165, 1.54) is 0 Å². The number of nitrogens with zero attached hydrogens (tertiary/aromatic N) is 3. The maximum Gasteiger partial charge on any atom is 0.244 e. The zero-order valence-electron chi connectivity index (χ0n) is 14.1. The summed E-state index contributed by atoms with van der Waals surface area (Å²) in [6.07, 6.45) is 0. The number of likely N-dealkylation sites (N-methyl/N-ethyl adjacent to an activating group) is 1. The fourth-order valence-corrected chi connectivity index (χ4v) is 3.02.